The lowest BCUT2D eigenvalue weighted by Gasteiger charge is -2.20. The molecule has 0 rings (SSSR count). The lowest BCUT2D eigenvalue weighted by atomic mass is 10.1. The molecule has 6 N–H and O–H groups in total. The zero-order valence-electron chi connectivity index (χ0n) is 39.1. The highest BCUT2D eigenvalue weighted by atomic mass is 31.2. The number of unbranched alkanes of at least 4 members (excludes halogenated alkanes) is 16. The third kappa shape index (κ3) is 42.5. The molecule has 64 heavy (non-hydrogen) atoms. The fraction of sp³-hybridized carbons (Fsp3) is 0.660. The molecule has 0 heterocycles. The normalized spacial score (nSPS) is 15.3. The highest BCUT2D eigenvalue weighted by Gasteiger charge is 2.28. The number of carbonyl (C=O) groups excluding carboxylic acids is 2. The fourth-order valence-corrected chi connectivity index (χ4v) is 6.81. The molecule has 0 aliphatic rings. The number of aliphatic hydroxyl groups excluding tert-OH is 2. The third-order valence-corrected chi connectivity index (χ3v) is 10.8. The molecule has 13 nitrogen and oxygen atoms in total. The van der Waals surface area contributed by atoms with Gasteiger partial charge in [0.25, 0.3) is 0 Å². The van der Waals surface area contributed by atoms with E-state index in [-0.39, 0.29) is 12.8 Å². The van der Waals surface area contributed by atoms with Crippen LogP contribution >= 0.6 is 7.82 Å². The Morgan fingerprint density at radius 2 is 1.14 bits per heavy atom. The number of rotatable bonds is 43. The minimum atomic E-state index is -4.77. The number of ether oxygens (including phenoxy) is 2. The Labute approximate surface area is 385 Å². The van der Waals surface area contributed by atoms with Gasteiger partial charge in [-0.15, -0.1) is 0 Å². The largest absolute Gasteiger partial charge is 0.480 e. The highest BCUT2D eigenvalue weighted by molar-refractivity contribution is 7.47. The van der Waals surface area contributed by atoms with Gasteiger partial charge in [0.2, 0.25) is 0 Å². The highest BCUT2D eigenvalue weighted by Crippen LogP contribution is 2.43. The van der Waals surface area contributed by atoms with E-state index in [1.807, 2.05) is 49.5 Å². The number of allylic oxidation sites excluding steroid dienone is 10. The number of carboxylic acids is 1. The summed E-state index contributed by atoms with van der Waals surface area (Å²) >= 11 is 0. The number of carboxylic acid groups (broad SMARTS) is 1. The average molecular weight is 922 g/mol. The van der Waals surface area contributed by atoms with E-state index in [1.54, 1.807) is 30.4 Å². The Morgan fingerprint density at radius 3 is 1.75 bits per heavy atom. The Morgan fingerprint density at radius 1 is 0.594 bits per heavy atom. The van der Waals surface area contributed by atoms with Crippen LogP contribution in [0.4, 0.5) is 0 Å². The SMILES string of the molecule is CC/C=C\C[C@@H](O)/C=C/C=C\C/C=C\C=C\[C@@H](O)/C=C\CCCC(=O)OC[C@H](COP(=O)(O)OC[C@H](N)C(=O)O)OC(=O)CCCCCCCCCCC/C=C\CCCCCCCC. The van der Waals surface area contributed by atoms with Crippen LogP contribution in [0.2, 0.25) is 0 Å². The van der Waals surface area contributed by atoms with Gasteiger partial charge in [-0.05, 0) is 64.2 Å². The van der Waals surface area contributed by atoms with Crippen LogP contribution in [0.1, 0.15) is 168 Å². The summed E-state index contributed by atoms with van der Waals surface area (Å²) in [5.41, 5.74) is 5.33. The van der Waals surface area contributed by atoms with Gasteiger partial charge in [0.15, 0.2) is 6.10 Å². The van der Waals surface area contributed by atoms with E-state index in [2.05, 4.69) is 23.6 Å². The molecule has 0 aromatic heterocycles. The minimum Gasteiger partial charge on any atom is -0.480 e. The Kier molecular flexibility index (Phi) is 41.1. The molecule has 0 fully saturated rings. The molecular formula is C50H84NO12P. The number of aliphatic hydroxyl groups is 2. The lowest BCUT2D eigenvalue weighted by Crippen LogP contribution is -2.34. The molecule has 0 amide bonds. The standard InChI is InChI=1S/C50H84NO12P/c1-3-5-7-8-9-10-11-12-13-14-15-16-17-18-19-20-24-27-33-40-49(55)63-46(42-61-64(58,59)62-43-47(51)50(56)57)41-60-48(54)39-34-28-32-38-45(53)37-31-26-23-21-22-25-30-36-44(52)35-29-6-4-2/h6,12-13,22-23,25-26,29-32,36-38,44-47,52-53H,3-5,7-11,14-21,24,27-28,33-35,39-43,51H2,1-2H3,(H,56,57)(H,58,59)/b13-12-,25-22-,26-23-,29-6-,36-30+,37-31+,38-32-/t44-,45-,46-,47+/m1/s1. The van der Waals surface area contributed by atoms with Crippen molar-refractivity contribution in [2.75, 3.05) is 19.8 Å². The molecule has 5 atom stereocenters. The van der Waals surface area contributed by atoms with Crippen LogP contribution in [-0.4, -0.2) is 82.3 Å². The van der Waals surface area contributed by atoms with E-state index in [0.717, 1.165) is 38.5 Å². The van der Waals surface area contributed by atoms with Crippen LogP contribution < -0.4 is 5.73 Å². The van der Waals surface area contributed by atoms with Crippen molar-refractivity contribution in [1.29, 1.82) is 0 Å². The van der Waals surface area contributed by atoms with Gasteiger partial charge >= 0.3 is 25.7 Å². The lowest BCUT2D eigenvalue weighted by molar-refractivity contribution is -0.161. The predicted molar refractivity (Wildman–Crippen MR) is 256 cm³/mol. The number of esters is 2. The summed E-state index contributed by atoms with van der Waals surface area (Å²) in [7, 11) is -4.77. The second-order valence-electron chi connectivity index (χ2n) is 15.9. The molecule has 0 bridgehead atoms. The number of hydrogen-bond donors (Lipinski definition) is 5. The Hall–Kier alpha value is -3.42. The summed E-state index contributed by atoms with van der Waals surface area (Å²) in [5.74, 6) is -2.60. The zero-order valence-corrected chi connectivity index (χ0v) is 40.0. The van der Waals surface area contributed by atoms with Crippen molar-refractivity contribution in [2.24, 2.45) is 5.73 Å². The van der Waals surface area contributed by atoms with Crippen LogP contribution in [-0.2, 0) is 37.5 Å². The van der Waals surface area contributed by atoms with Gasteiger partial charge in [-0.2, -0.15) is 0 Å². The topological polar surface area (TPSA) is 212 Å². The van der Waals surface area contributed by atoms with Gasteiger partial charge in [-0.25, -0.2) is 4.57 Å². The first-order chi connectivity index (χ1) is 30.9. The van der Waals surface area contributed by atoms with Crippen molar-refractivity contribution < 1.29 is 57.7 Å². The molecule has 0 saturated carbocycles. The van der Waals surface area contributed by atoms with Gasteiger partial charge in [0, 0.05) is 12.8 Å². The maximum Gasteiger partial charge on any atom is 0.472 e. The summed E-state index contributed by atoms with van der Waals surface area (Å²) in [5, 5.41) is 28.9. The van der Waals surface area contributed by atoms with Crippen molar-refractivity contribution in [2.45, 2.75) is 192 Å². The Balaban J connectivity index is 4.54. The molecule has 0 aliphatic heterocycles. The molecule has 366 valence electrons. The number of aliphatic carboxylic acids is 1. The fourth-order valence-electron chi connectivity index (χ4n) is 6.03. The van der Waals surface area contributed by atoms with Crippen molar-refractivity contribution in [1.82, 2.24) is 0 Å². The van der Waals surface area contributed by atoms with Crippen molar-refractivity contribution >= 4 is 25.7 Å². The van der Waals surface area contributed by atoms with E-state index in [1.165, 1.54) is 70.6 Å². The molecule has 0 spiro atoms. The van der Waals surface area contributed by atoms with E-state index in [9.17, 15) is 34.1 Å². The van der Waals surface area contributed by atoms with E-state index in [0.29, 0.717) is 32.1 Å². The number of carbonyl (C=O) groups is 3. The maximum absolute atomic E-state index is 12.7. The van der Waals surface area contributed by atoms with Crippen LogP contribution in [0.15, 0.2) is 85.1 Å². The second kappa shape index (κ2) is 43.5. The first kappa shape index (κ1) is 60.6. The van der Waals surface area contributed by atoms with Crippen molar-refractivity contribution in [3.05, 3.63) is 85.1 Å². The maximum atomic E-state index is 12.7. The number of phosphoric ester groups is 1. The van der Waals surface area contributed by atoms with Gasteiger partial charge in [-0.1, -0.05) is 176 Å². The monoisotopic (exact) mass is 922 g/mol. The molecule has 0 aromatic carbocycles. The smallest absolute Gasteiger partial charge is 0.472 e. The van der Waals surface area contributed by atoms with E-state index in [4.69, 9.17) is 24.8 Å². The Bertz CT molecular complexity index is 1440. The van der Waals surface area contributed by atoms with Crippen LogP contribution in [0, 0.1) is 0 Å². The summed E-state index contributed by atoms with van der Waals surface area (Å²) in [6.45, 7) is 2.42. The summed E-state index contributed by atoms with van der Waals surface area (Å²) in [6, 6.07) is -1.56. The summed E-state index contributed by atoms with van der Waals surface area (Å²) < 4.78 is 32.6. The number of hydrogen-bond acceptors (Lipinski definition) is 11. The van der Waals surface area contributed by atoms with Gasteiger partial charge < -0.3 is 35.4 Å². The number of phosphoric acid groups is 1. The first-order valence-corrected chi connectivity index (χ1v) is 25.3. The minimum absolute atomic E-state index is 0.0312. The molecule has 14 heteroatoms. The van der Waals surface area contributed by atoms with Gasteiger partial charge in [0.05, 0.1) is 25.4 Å². The van der Waals surface area contributed by atoms with Crippen LogP contribution in [0.3, 0.4) is 0 Å². The second-order valence-corrected chi connectivity index (χ2v) is 17.4. The first-order valence-electron chi connectivity index (χ1n) is 23.8. The van der Waals surface area contributed by atoms with Gasteiger partial charge in [0.1, 0.15) is 12.6 Å². The summed E-state index contributed by atoms with van der Waals surface area (Å²) in [4.78, 5) is 46.1. The number of nitrogens with two attached hydrogens (primary N) is 1. The molecule has 0 saturated heterocycles. The van der Waals surface area contributed by atoms with Gasteiger partial charge in [-0.3, -0.25) is 23.4 Å². The molecule has 0 radical (unpaired) electrons. The third-order valence-electron chi connectivity index (χ3n) is 9.80. The molecule has 1 unspecified atom stereocenters. The molecule has 0 aliphatic carbocycles. The molecular weight excluding hydrogens is 838 g/mol. The van der Waals surface area contributed by atoms with Crippen LogP contribution in [0.5, 0.6) is 0 Å². The zero-order chi connectivity index (χ0) is 47.4. The molecule has 0 aromatic rings. The summed E-state index contributed by atoms with van der Waals surface area (Å²) in [6.07, 6.45) is 47.2. The van der Waals surface area contributed by atoms with E-state index < -0.39 is 69.9 Å². The van der Waals surface area contributed by atoms with Crippen molar-refractivity contribution in [3.63, 3.8) is 0 Å². The predicted octanol–water partition coefficient (Wildman–Crippen LogP) is 11.0. The average Bonchev–Trinajstić information content (AvgIpc) is 3.26. The van der Waals surface area contributed by atoms with Crippen LogP contribution in [0.25, 0.3) is 0 Å². The van der Waals surface area contributed by atoms with Crippen molar-refractivity contribution in [3.8, 4) is 0 Å². The quantitative estimate of drug-likeness (QED) is 0.0127. The van der Waals surface area contributed by atoms with E-state index >= 15 is 0 Å².